The molecule has 0 amide bonds. The minimum absolute atomic E-state index is 0.293. The van der Waals surface area contributed by atoms with Crippen molar-refractivity contribution in [2.75, 3.05) is 13.9 Å². The van der Waals surface area contributed by atoms with Crippen LogP contribution in [0.4, 0.5) is 0 Å². The molecule has 0 spiro atoms. The van der Waals surface area contributed by atoms with Crippen LogP contribution in [0.15, 0.2) is 0 Å². The summed E-state index contributed by atoms with van der Waals surface area (Å²) < 4.78 is 16.5. The Bertz CT molecular complexity index is 227. The number of ether oxygens (including phenoxy) is 3. The van der Waals surface area contributed by atoms with Crippen molar-refractivity contribution in [3.05, 3.63) is 0 Å². The number of hydrogen-bond donors (Lipinski definition) is 0. The molecule has 2 unspecified atom stereocenters. The molecule has 0 bridgehead atoms. The summed E-state index contributed by atoms with van der Waals surface area (Å²) in [5, 5.41) is 0. The second kappa shape index (κ2) is 6.32. The van der Waals surface area contributed by atoms with Crippen molar-refractivity contribution in [2.24, 2.45) is 5.92 Å². The molecule has 0 saturated carbocycles. The Kier molecular flexibility index (Phi) is 5.63. The second-order valence-corrected chi connectivity index (χ2v) is 11.5. The molecule has 0 aliphatic carbocycles. The predicted molar refractivity (Wildman–Crippen MR) is 72.8 cm³/mol. The normalized spacial score (nSPS) is 27.9. The predicted octanol–water partition coefficient (Wildman–Crippen LogP) is 3.06. The molecule has 0 aromatic carbocycles. The van der Waals surface area contributed by atoms with Crippen LogP contribution in [0.25, 0.3) is 0 Å². The van der Waals surface area contributed by atoms with Crippen LogP contribution in [-0.2, 0) is 14.2 Å². The summed E-state index contributed by atoms with van der Waals surface area (Å²) in [6.07, 6.45) is 2.93. The van der Waals surface area contributed by atoms with Gasteiger partial charge in [-0.25, -0.2) is 0 Å². The molecule has 1 saturated heterocycles. The van der Waals surface area contributed by atoms with Gasteiger partial charge in [-0.1, -0.05) is 33.5 Å². The SMILES string of the molecule is CC[C@@H](OCOC)[C@H](C)CC1OC1[Si](C)(C)C. The molecule has 17 heavy (non-hydrogen) atoms. The van der Waals surface area contributed by atoms with E-state index in [9.17, 15) is 0 Å². The zero-order chi connectivity index (χ0) is 13.1. The summed E-state index contributed by atoms with van der Waals surface area (Å²) in [6.45, 7) is 11.9. The van der Waals surface area contributed by atoms with E-state index in [1.807, 2.05) is 0 Å². The maximum Gasteiger partial charge on any atom is 0.146 e. The van der Waals surface area contributed by atoms with E-state index in [-0.39, 0.29) is 0 Å². The van der Waals surface area contributed by atoms with Gasteiger partial charge in [0.05, 0.1) is 26.0 Å². The van der Waals surface area contributed by atoms with Gasteiger partial charge >= 0.3 is 0 Å². The lowest BCUT2D eigenvalue weighted by Crippen LogP contribution is -2.31. The van der Waals surface area contributed by atoms with E-state index >= 15 is 0 Å². The molecule has 1 heterocycles. The quantitative estimate of drug-likeness (QED) is 0.382. The van der Waals surface area contributed by atoms with E-state index in [1.165, 1.54) is 0 Å². The summed E-state index contributed by atoms with van der Waals surface area (Å²) in [5.74, 6) is 0.543. The van der Waals surface area contributed by atoms with Crippen LogP contribution >= 0.6 is 0 Å². The number of hydrogen-bond acceptors (Lipinski definition) is 3. The second-order valence-electron chi connectivity index (χ2n) is 6.19. The Balaban J connectivity index is 2.31. The van der Waals surface area contributed by atoms with E-state index in [4.69, 9.17) is 14.2 Å². The van der Waals surface area contributed by atoms with Crippen molar-refractivity contribution >= 4 is 8.07 Å². The summed E-state index contributed by atoms with van der Waals surface area (Å²) in [7, 11) is 0.558. The Morgan fingerprint density at radius 1 is 1.29 bits per heavy atom. The Labute approximate surface area is 107 Å². The van der Waals surface area contributed by atoms with Crippen LogP contribution in [0.2, 0.25) is 19.6 Å². The first kappa shape index (κ1) is 15.2. The first-order valence-electron chi connectivity index (χ1n) is 6.66. The van der Waals surface area contributed by atoms with E-state index < -0.39 is 8.07 Å². The number of rotatable bonds is 8. The van der Waals surface area contributed by atoms with Crippen LogP contribution in [-0.4, -0.2) is 39.9 Å². The van der Waals surface area contributed by atoms with Crippen molar-refractivity contribution in [2.45, 2.75) is 64.3 Å². The third kappa shape index (κ3) is 4.70. The molecule has 3 nitrogen and oxygen atoms in total. The Hall–Kier alpha value is 0.0969. The van der Waals surface area contributed by atoms with Crippen molar-refractivity contribution in [1.82, 2.24) is 0 Å². The highest BCUT2D eigenvalue weighted by Gasteiger charge is 2.48. The minimum atomic E-state index is -1.11. The molecule has 0 aromatic rings. The van der Waals surface area contributed by atoms with Crippen LogP contribution in [0, 0.1) is 5.92 Å². The van der Waals surface area contributed by atoms with Crippen LogP contribution in [0.3, 0.4) is 0 Å². The first-order chi connectivity index (χ1) is 7.90. The van der Waals surface area contributed by atoms with Crippen molar-refractivity contribution < 1.29 is 14.2 Å². The largest absolute Gasteiger partial charge is 0.373 e. The Morgan fingerprint density at radius 2 is 1.94 bits per heavy atom. The zero-order valence-corrected chi connectivity index (χ0v) is 13.2. The van der Waals surface area contributed by atoms with Gasteiger partial charge in [0.15, 0.2) is 0 Å². The molecule has 1 fully saturated rings. The van der Waals surface area contributed by atoms with Gasteiger partial charge in [0.1, 0.15) is 6.79 Å². The van der Waals surface area contributed by atoms with Gasteiger partial charge in [-0.15, -0.1) is 0 Å². The van der Waals surface area contributed by atoms with E-state index in [0.717, 1.165) is 12.8 Å². The maximum absolute atomic E-state index is 5.83. The average Bonchev–Trinajstić information content (AvgIpc) is 2.98. The maximum atomic E-state index is 5.83. The van der Waals surface area contributed by atoms with Crippen LogP contribution < -0.4 is 0 Å². The fourth-order valence-corrected chi connectivity index (χ4v) is 4.28. The monoisotopic (exact) mass is 260 g/mol. The summed E-state index contributed by atoms with van der Waals surface area (Å²) in [6, 6.07) is 0. The molecule has 1 aliphatic rings. The highest BCUT2D eigenvalue weighted by atomic mass is 28.3. The smallest absolute Gasteiger partial charge is 0.146 e. The summed E-state index contributed by atoms with van der Waals surface area (Å²) in [5.41, 5.74) is 0.560. The number of epoxide rings is 1. The fraction of sp³-hybridized carbons (Fsp3) is 1.00. The molecule has 0 N–H and O–H groups in total. The van der Waals surface area contributed by atoms with Crippen LogP contribution in [0.5, 0.6) is 0 Å². The van der Waals surface area contributed by atoms with Crippen molar-refractivity contribution in [3.8, 4) is 0 Å². The molecular formula is C13H28O3Si. The standard InChI is InChI=1S/C13H28O3Si/c1-7-11(15-9-14-3)10(2)8-12-13(16-12)17(4,5)6/h10-13H,7-9H2,1-6H3/t10-,11-,12?,13?/m1/s1. The lowest BCUT2D eigenvalue weighted by molar-refractivity contribution is -0.0914. The van der Waals surface area contributed by atoms with Crippen molar-refractivity contribution in [1.29, 1.82) is 0 Å². The lowest BCUT2D eigenvalue weighted by Gasteiger charge is -2.22. The number of methoxy groups -OCH3 is 1. The minimum Gasteiger partial charge on any atom is -0.373 e. The average molecular weight is 260 g/mol. The molecule has 4 heteroatoms. The lowest BCUT2D eigenvalue weighted by atomic mass is 9.97. The topological polar surface area (TPSA) is 31.0 Å². The van der Waals surface area contributed by atoms with E-state index in [2.05, 4.69) is 33.5 Å². The van der Waals surface area contributed by atoms with Crippen LogP contribution in [0.1, 0.15) is 26.7 Å². The highest BCUT2D eigenvalue weighted by molar-refractivity contribution is 6.78. The summed E-state index contributed by atoms with van der Waals surface area (Å²) in [4.78, 5) is 0. The van der Waals surface area contributed by atoms with Gasteiger partial charge in [0, 0.05) is 7.11 Å². The molecule has 1 rings (SSSR count). The first-order valence-corrected chi connectivity index (χ1v) is 10.2. The Morgan fingerprint density at radius 3 is 2.35 bits per heavy atom. The molecular weight excluding hydrogens is 232 g/mol. The van der Waals surface area contributed by atoms with Gasteiger partial charge in [-0.3, -0.25) is 0 Å². The zero-order valence-electron chi connectivity index (χ0n) is 12.2. The van der Waals surface area contributed by atoms with Gasteiger partial charge in [0.2, 0.25) is 0 Å². The van der Waals surface area contributed by atoms with Gasteiger partial charge in [0.25, 0.3) is 0 Å². The molecule has 4 atom stereocenters. The third-order valence-corrected chi connectivity index (χ3v) is 5.69. The molecule has 0 aromatic heterocycles. The van der Waals surface area contributed by atoms with Gasteiger partial charge < -0.3 is 14.2 Å². The molecule has 0 radical (unpaired) electrons. The molecule has 102 valence electrons. The van der Waals surface area contributed by atoms with Gasteiger partial charge in [-0.2, -0.15) is 0 Å². The molecule has 1 aliphatic heterocycles. The van der Waals surface area contributed by atoms with Gasteiger partial charge in [-0.05, 0) is 18.8 Å². The fourth-order valence-electron chi connectivity index (χ4n) is 2.44. The third-order valence-electron chi connectivity index (χ3n) is 3.48. The van der Waals surface area contributed by atoms with E-state index in [1.54, 1.807) is 7.11 Å². The summed E-state index contributed by atoms with van der Waals surface area (Å²) >= 11 is 0. The van der Waals surface area contributed by atoms with E-state index in [0.29, 0.717) is 30.6 Å². The highest BCUT2D eigenvalue weighted by Crippen LogP contribution is 2.36. The van der Waals surface area contributed by atoms with Crippen molar-refractivity contribution in [3.63, 3.8) is 0 Å².